The largest absolute Gasteiger partial charge is 0.329 e. The van der Waals surface area contributed by atoms with Crippen LogP contribution in [0.15, 0.2) is 29.8 Å². The lowest BCUT2D eigenvalue weighted by atomic mass is 10.1. The van der Waals surface area contributed by atoms with E-state index in [1.807, 2.05) is 46.4 Å². The van der Waals surface area contributed by atoms with E-state index in [2.05, 4.69) is 5.10 Å². The van der Waals surface area contributed by atoms with Gasteiger partial charge in [0.2, 0.25) is 0 Å². The van der Waals surface area contributed by atoms with Gasteiger partial charge in [-0.2, -0.15) is 5.10 Å². The summed E-state index contributed by atoms with van der Waals surface area (Å²) in [4.78, 5) is 15.5. The summed E-state index contributed by atoms with van der Waals surface area (Å²) in [6, 6.07) is 6.00. The molecule has 0 spiro atoms. The molecule has 106 valence electrons. The lowest BCUT2D eigenvalue weighted by molar-refractivity contribution is 0.0681. The van der Waals surface area contributed by atoms with Gasteiger partial charge in [-0.1, -0.05) is 18.9 Å². The first-order valence-electron chi connectivity index (χ1n) is 7.10. The predicted octanol–water partition coefficient (Wildman–Crippen LogP) is 3.24. The second kappa shape index (κ2) is 5.79. The number of aryl methyl sites for hydroxylation is 1. The van der Waals surface area contributed by atoms with Crippen LogP contribution in [-0.2, 0) is 7.05 Å². The van der Waals surface area contributed by atoms with E-state index in [0.29, 0.717) is 0 Å². The number of thiophene rings is 1. The number of hydrogen-bond donors (Lipinski definition) is 0. The van der Waals surface area contributed by atoms with Gasteiger partial charge in [-0.25, -0.2) is 0 Å². The number of rotatable bonds is 2. The highest BCUT2D eigenvalue weighted by Gasteiger charge is 2.29. The zero-order valence-corrected chi connectivity index (χ0v) is 12.5. The van der Waals surface area contributed by atoms with Crippen LogP contribution in [0.1, 0.15) is 47.1 Å². The fraction of sp³-hybridized carbons (Fsp3) is 0.467. The van der Waals surface area contributed by atoms with Crippen molar-refractivity contribution in [1.82, 2.24) is 14.7 Å². The molecular formula is C15H19N3OS. The number of carbonyl (C=O) groups excluding carboxylic acids is 1. The molecule has 2 aromatic heterocycles. The molecule has 0 aliphatic carbocycles. The van der Waals surface area contributed by atoms with Crippen LogP contribution in [0, 0.1) is 0 Å². The minimum atomic E-state index is 0.119. The van der Waals surface area contributed by atoms with Gasteiger partial charge in [-0.3, -0.25) is 9.48 Å². The van der Waals surface area contributed by atoms with Crippen LogP contribution < -0.4 is 0 Å². The molecule has 0 saturated carbocycles. The minimum absolute atomic E-state index is 0.119. The Labute approximate surface area is 123 Å². The molecule has 0 bridgehead atoms. The van der Waals surface area contributed by atoms with Gasteiger partial charge in [-0.05, 0) is 30.4 Å². The van der Waals surface area contributed by atoms with Gasteiger partial charge in [0.15, 0.2) is 0 Å². The first kappa shape index (κ1) is 13.4. The van der Waals surface area contributed by atoms with Crippen molar-refractivity contribution in [2.24, 2.45) is 7.05 Å². The Hall–Kier alpha value is -1.62. The van der Waals surface area contributed by atoms with Gasteiger partial charge < -0.3 is 4.90 Å². The van der Waals surface area contributed by atoms with Crippen molar-refractivity contribution in [1.29, 1.82) is 0 Å². The number of nitrogens with zero attached hydrogens (tertiary/aromatic N) is 3. The summed E-state index contributed by atoms with van der Waals surface area (Å²) in [6.45, 7) is 0.831. The second-order valence-corrected chi connectivity index (χ2v) is 6.20. The smallest absolute Gasteiger partial charge is 0.264 e. The molecule has 0 unspecified atom stereocenters. The molecule has 1 aliphatic rings. The van der Waals surface area contributed by atoms with E-state index in [1.54, 1.807) is 0 Å². The minimum Gasteiger partial charge on any atom is -0.329 e. The van der Waals surface area contributed by atoms with E-state index >= 15 is 0 Å². The van der Waals surface area contributed by atoms with Gasteiger partial charge in [0.05, 0.1) is 16.6 Å². The van der Waals surface area contributed by atoms with E-state index in [1.165, 1.54) is 17.8 Å². The number of amides is 1. The zero-order valence-electron chi connectivity index (χ0n) is 11.7. The molecule has 1 amide bonds. The lowest BCUT2D eigenvalue weighted by Gasteiger charge is -2.28. The number of likely N-dealkylation sites (tertiary alicyclic amines) is 1. The monoisotopic (exact) mass is 289 g/mol. The number of hydrogen-bond acceptors (Lipinski definition) is 3. The maximum absolute atomic E-state index is 12.7. The Morgan fingerprint density at radius 1 is 1.35 bits per heavy atom. The van der Waals surface area contributed by atoms with Crippen molar-refractivity contribution in [3.63, 3.8) is 0 Å². The van der Waals surface area contributed by atoms with Crippen LogP contribution in [0.4, 0.5) is 0 Å². The Bertz CT molecular complexity index is 576. The molecule has 3 rings (SSSR count). The summed E-state index contributed by atoms with van der Waals surface area (Å²) in [5, 5.41) is 6.48. The topological polar surface area (TPSA) is 38.1 Å². The summed E-state index contributed by atoms with van der Waals surface area (Å²) in [6.07, 6.45) is 6.40. The fourth-order valence-electron chi connectivity index (χ4n) is 2.81. The normalized spacial score (nSPS) is 19.9. The van der Waals surface area contributed by atoms with Crippen LogP contribution in [0.25, 0.3) is 0 Å². The standard InChI is InChI=1S/C15H19N3OS/c1-17-10-8-12(16-17)13-6-3-2-4-9-18(13)15(19)14-7-5-11-20-14/h5,7-8,10-11,13H,2-4,6,9H2,1H3/t13-/m1/s1. The summed E-state index contributed by atoms with van der Waals surface area (Å²) >= 11 is 1.52. The van der Waals surface area contributed by atoms with Crippen molar-refractivity contribution in [3.8, 4) is 0 Å². The van der Waals surface area contributed by atoms with Crippen molar-refractivity contribution in [2.75, 3.05) is 6.54 Å². The Kier molecular flexibility index (Phi) is 3.87. The molecule has 1 atom stereocenters. The average molecular weight is 289 g/mol. The predicted molar refractivity (Wildman–Crippen MR) is 79.8 cm³/mol. The summed E-state index contributed by atoms with van der Waals surface area (Å²) in [7, 11) is 1.92. The molecule has 1 aliphatic heterocycles. The average Bonchev–Trinajstić information content (AvgIpc) is 3.05. The first-order chi connectivity index (χ1) is 9.75. The van der Waals surface area contributed by atoms with Crippen LogP contribution in [0.3, 0.4) is 0 Å². The molecule has 0 aromatic carbocycles. The highest BCUT2D eigenvalue weighted by Crippen LogP contribution is 2.31. The Morgan fingerprint density at radius 3 is 2.95 bits per heavy atom. The molecule has 5 heteroatoms. The zero-order chi connectivity index (χ0) is 13.9. The third-order valence-electron chi connectivity index (χ3n) is 3.82. The maximum Gasteiger partial charge on any atom is 0.264 e. The molecule has 0 N–H and O–H groups in total. The molecule has 0 radical (unpaired) electrons. The van der Waals surface area contributed by atoms with Crippen LogP contribution in [-0.4, -0.2) is 27.1 Å². The van der Waals surface area contributed by atoms with Crippen molar-refractivity contribution >= 4 is 17.2 Å². The van der Waals surface area contributed by atoms with Crippen molar-refractivity contribution in [2.45, 2.75) is 31.7 Å². The maximum atomic E-state index is 12.7. The van der Waals surface area contributed by atoms with E-state index in [0.717, 1.165) is 36.4 Å². The van der Waals surface area contributed by atoms with E-state index in [4.69, 9.17) is 0 Å². The van der Waals surface area contributed by atoms with Gasteiger partial charge in [0.1, 0.15) is 0 Å². The molecule has 3 heterocycles. The third-order valence-corrected chi connectivity index (χ3v) is 4.68. The van der Waals surface area contributed by atoms with Crippen molar-refractivity contribution in [3.05, 3.63) is 40.3 Å². The Morgan fingerprint density at radius 2 is 2.25 bits per heavy atom. The first-order valence-corrected chi connectivity index (χ1v) is 7.97. The summed E-state index contributed by atoms with van der Waals surface area (Å²) in [5.74, 6) is 0.151. The second-order valence-electron chi connectivity index (χ2n) is 5.26. The quantitative estimate of drug-likeness (QED) is 0.851. The van der Waals surface area contributed by atoms with E-state index in [9.17, 15) is 4.79 Å². The van der Waals surface area contributed by atoms with Crippen molar-refractivity contribution < 1.29 is 4.79 Å². The van der Waals surface area contributed by atoms with Crippen LogP contribution in [0.2, 0.25) is 0 Å². The number of aromatic nitrogens is 2. The molecule has 1 saturated heterocycles. The summed E-state index contributed by atoms with van der Waals surface area (Å²) in [5.41, 5.74) is 1.01. The third kappa shape index (κ3) is 2.63. The molecule has 20 heavy (non-hydrogen) atoms. The molecule has 4 nitrogen and oxygen atoms in total. The van der Waals surface area contributed by atoms with E-state index in [-0.39, 0.29) is 11.9 Å². The van der Waals surface area contributed by atoms with Gasteiger partial charge >= 0.3 is 0 Å². The van der Waals surface area contributed by atoms with Gasteiger partial charge in [0.25, 0.3) is 5.91 Å². The molecule has 1 fully saturated rings. The van der Waals surface area contributed by atoms with Gasteiger partial charge in [-0.15, -0.1) is 11.3 Å². The molecule has 2 aromatic rings. The highest BCUT2D eigenvalue weighted by atomic mass is 32.1. The summed E-state index contributed by atoms with van der Waals surface area (Å²) < 4.78 is 1.81. The van der Waals surface area contributed by atoms with Gasteiger partial charge in [0, 0.05) is 19.8 Å². The highest BCUT2D eigenvalue weighted by molar-refractivity contribution is 7.12. The lowest BCUT2D eigenvalue weighted by Crippen LogP contribution is -2.34. The fourth-order valence-corrected chi connectivity index (χ4v) is 3.49. The molecular weight excluding hydrogens is 270 g/mol. The Balaban J connectivity index is 1.89. The SMILES string of the molecule is Cn1ccc([C@H]2CCCCCN2C(=O)c2cccs2)n1. The van der Waals surface area contributed by atoms with E-state index < -0.39 is 0 Å². The van der Waals surface area contributed by atoms with Crippen LogP contribution in [0.5, 0.6) is 0 Å². The van der Waals surface area contributed by atoms with Crippen LogP contribution >= 0.6 is 11.3 Å². The number of carbonyl (C=O) groups is 1.